The minimum Gasteiger partial charge on any atom is -0.224 e. The molecular weight excluding hydrogens is 338 g/mol. The van der Waals surface area contributed by atoms with Gasteiger partial charge in [-0.1, -0.05) is 19.3 Å². The van der Waals surface area contributed by atoms with Crippen molar-refractivity contribution in [3.8, 4) is 11.1 Å². The van der Waals surface area contributed by atoms with Gasteiger partial charge >= 0.3 is 0 Å². The highest BCUT2D eigenvalue weighted by atomic mass is 32.2. The fourth-order valence-corrected chi connectivity index (χ4v) is 5.11. The first-order valence-corrected chi connectivity index (χ1v) is 10.5. The molecule has 0 bridgehead atoms. The van der Waals surface area contributed by atoms with Crippen LogP contribution in [-0.4, -0.2) is 14.7 Å². The van der Waals surface area contributed by atoms with Crippen LogP contribution in [0.15, 0.2) is 27.8 Å². The van der Waals surface area contributed by atoms with Gasteiger partial charge in [0.15, 0.2) is 9.84 Å². The van der Waals surface area contributed by atoms with Crippen LogP contribution in [0, 0.1) is 11.6 Å². The van der Waals surface area contributed by atoms with E-state index in [2.05, 4.69) is 0 Å². The maximum Gasteiger partial charge on any atom is 0.181 e. The number of sulfone groups is 1. The Balaban J connectivity index is 2.05. The quantitative estimate of drug-likeness (QED) is 0.763. The molecule has 0 aliphatic heterocycles. The third kappa shape index (κ3) is 3.33. The SMILES string of the molecule is CS(=O)(=O)c1c(F)cc(-c2cscc2C2CCCCC2)cc1F. The number of thiophene rings is 1. The fraction of sp³-hybridized carbons (Fsp3) is 0.412. The van der Waals surface area contributed by atoms with Crippen molar-refractivity contribution in [3.63, 3.8) is 0 Å². The van der Waals surface area contributed by atoms with Crippen LogP contribution in [0.4, 0.5) is 8.78 Å². The van der Waals surface area contributed by atoms with Crippen molar-refractivity contribution in [1.82, 2.24) is 0 Å². The number of hydrogen-bond donors (Lipinski definition) is 0. The summed E-state index contributed by atoms with van der Waals surface area (Å²) in [4.78, 5) is -0.851. The van der Waals surface area contributed by atoms with Crippen LogP contribution in [0.3, 0.4) is 0 Å². The van der Waals surface area contributed by atoms with E-state index in [1.54, 1.807) is 0 Å². The highest BCUT2D eigenvalue weighted by molar-refractivity contribution is 7.90. The summed E-state index contributed by atoms with van der Waals surface area (Å²) in [5.41, 5.74) is 2.36. The molecule has 1 aromatic heterocycles. The summed E-state index contributed by atoms with van der Waals surface area (Å²) in [5.74, 6) is -1.63. The largest absolute Gasteiger partial charge is 0.224 e. The van der Waals surface area contributed by atoms with Crippen molar-refractivity contribution in [2.75, 3.05) is 6.26 Å². The van der Waals surface area contributed by atoms with E-state index >= 15 is 0 Å². The Bertz CT molecular complexity index is 796. The molecule has 3 rings (SSSR count). The predicted molar refractivity (Wildman–Crippen MR) is 88.6 cm³/mol. The molecule has 0 amide bonds. The summed E-state index contributed by atoms with van der Waals surface area (Å²) in [7, 11) is -3.93. The molecule has 0 radical (unpaired) electrons. The van der Waals surface area contributed by atoms with Gasteiger partial charge in [-0.3, -0.25) is 0 Å². The second-order valence-corrected chi connectivity index (χ2v) is 8.81. The molecule has 1 saturated carbocycles. The molecule has 1 heterocycles. The van der Waals surface area contributed by atoms with Crippen LogP contribution in [0.2, 0.25) is 0 Å². The van der Waals surface area contributed by atoms with E-state index in [0.717, 1.165) is 42.4 Å². The number of halogens is 2. The topological polar surface area (TPSA) is 34.1 Å². The van der Waals surface area contributed by atoms with E-state index in [1.807, 2.05) is 10.8 Å². The Morgan fingerprint density at radius 2 is 1.65 bits per heavy atom. The summed E-state index contributed by atoms with van der Waals surface area (Å²) >= 11 is 1.51. The summed E-state index contributed by atoms with van der Waals surface area (Å²) in [6.45, 7) is 0. The lowest BCUT2D eigenvalue weighted by Crippen LogP contribution is -2.06. The van der Waals surface area contributed by atoms with Gasteiger partial charge < -0.3 is 0 Å². The first kappa shape index (κ1) is 16.6. The van der Waals surface area contributed by atoms with Crippen molar-refractivity contribution in [1.29, 1.82) is 0 Å². The van der Waals surface area contributed by atoms with Crippen molar-refractivity contribution in [2.24, 2.45) is 0 Å². The van der Waals surface area contributed by atoms with Crippen molar-refractivity contribution >= 4 is 21.2 Å². The molecule has 2 nitrogen and oxygen atoms in total. The Kier molecular flexibility index (Phi) is 4.56. The lowest BCUT2D eigenvalue weighted by Gasteiger charge is -2.22. The zero-order chi connectivity index (χ0) is 16.6. The second-order valence-electron chi connectivity index (χ2n) is 6.12. The molecule has 1 aliphatic carbocycles. The van der Waals surface area contributed by atoms with Gasteiger partial charge in [-0.15, -0.1) is 0 Å². The third-order valence-corrected chi connectivity index (χ3v) is 6.31. The first-order chi connectivity index (χ1) is 10.9. The molecule has 0 atom stereocenters. The van der Waals surface area contributed by atoms with Crippen LogP contribution in [0.1, 0.15) is 43.6 Å². The van der Waals surface area contributed by atoms with Gasteiger partial charge in [-0.2, -0.15) is 11.3 Å². The van der Waals surface area contributed by atoms with Crippen LogP contribution in [0.25, 0.3) is 11.1 Å². The number of hydrogen-bond acceptors (Lipinski definition) is 3. The van der Waals surface area contributed by atoms with Gasteiger partial charge in [0, 0.05) is 6.26 Å². The van der Waals surface area contributed by atoms with Crippen molar-refractivity contribution in [3.05, 3.63) is 40.1 Å². The minimum atomic E-state index is -3.93. The molecular formula is C17H18F2O2S2. The monoisotopic (exact) mass is 356 g/mol. The summed E-state index contributed by atoms with van der Waals surface area (Å²) in [5, 5.41) is 3.93. The van der Waals surface area contributed by atoms with E-state index in [-0.39, 0.29) is 0 Å². The molecule has 1 fully saturated rings. The van der Waals surface area contributed by atoms with E-state index in [0.29, 0.717) is 11.5 Å². The highest BCUT2D eigenvalue weighted by Crippen LogP contribution is 2.40. The Morgan fingerprint density at radius 3 is 2.22 bits per heavy atom. The zero-order valence-corrected chi connectivity index (χ0v) is 14.4. The third-order valence-electron chi connectivity index (χ3n) is 4.42. The highest BCUT2D eigenvalue weighted by Gasteiger charge is 2.24. The van der Waals surface area contributed by atoms with E-state index in [1.165, 1.54) is 30.6 Å². The predicted octanol–water partition coefficient (Wildman–Crippen LogP) is 5.14. The molecule has 1 aromatic carbocycles. The summed E-state index contributed by atoms with van der Waals surface area (Å²) in [6.07, 6.45) is 6.59. The van der Waals surface area contributed by atoms with Crippen molar-refractivity contribution in [2.45, 2.75) is 42.9 Å². The van der Waals surface area contributed by atoms with Gasteiger partial charge in [0.25, 0.3) is 0 Å². The standard InChI is InChI=1S/C17H18F2O2S2/c1-23(20,21)17-15(18)7-12(8-16(17)19)14-10-22-9-13(14)11-5-3-2-4-6-11/h7-11H,2-6H2,1H3. The lowest BCUT2D eigenvalue weighted by atomic mass is 9.83. The van der Waals surface area contributed by atoms with Gasteiger partial charge in [-0.25, -0.2) is 17.2 Å². The number of benzene rings is 1. The average Bonchev–Trinajstić information content (AvgIpc) is 2.95. The molecule has 1 aliphatic rings. The Hall–Kier alpha value is -1.27. The summed E-state index contributed by atoms with van der Waals surface area (Å²) in [6, 6.07) is 2.27. The smallest absolute Gasteiger partial charge is 0.181 e. The molecule has 6 heteroatoms. The fourth-order valence-electron chi connectivity index (χ4n) is 3.34. The first-order valence-electron chi connectivity index (χ1n) is 7.63. The van der Waals surface area contributed by atoms with Crippen LogP contribution in [-0.2, 0) is 9.84 Å². The van der Waals surface area contributed by atoms with Crippen LogP contribution < -0.4 is 0 Å². The zero-order valence-electron chi connectivity index (χ0n) is 12.8. The van der Waals surface area contributed by atoms with E-state index in [4.69, 9.17) is 0 Å². The average molecular weight is 356 g/mol. The van der Waals surface area contributed by atoms with Gasteiger partial charge in [-0.05, 0) is 58.3 Å². The molecule has 124 valence electrons. The van der Waals surface area contributed by atoms with Crippen molar-refractivity contribution < 1.29 is 17.2 Å². The Morgan fingerprint density at radius 1 is 1.04 bits per heavy atom. The van der Waals surface area contributed by atoms with Gasteiger partial charge in [0.05, 0.1) is 0 Å². The minimum absolute atomic E-state index is 0.411. The van der Waals surface area contributed by atoms with Gasteiger partial charge in [0.1, 0.15) is 16.5 Å². The van der Waals surface area contributed by atoms with Crippen LogP contribution >= 0.6 is 11.3 Å². The second kappa shape index (κ2) is 6.32. The maximum atomic E-state index is 14.2. The van der Waals surface area contributed by atoms with E-state index < -0.39 is 26.4 Å². The van der Waals surface area contributed by atoms with Crippen LogP contribution in [0.5, 0.6) is 0 Å². The molecule has 0 spiro atoms. The molecule has 0 saturated heterocycles. The molecule has 23 heavy (non-hydrogen) atoms. The number of rotatable bonds is 3. The van der Waals surface area contributed by atoms with Gasteiger partial charge in [0.2, 0.25) is 0 Å². The summed E-state index contributed by atoms with van der Waals surface area (Å²) < 4.78 is 51.3. The van der Waals surface area contributed by atoms with E-state index in [9.17, 15) is 17.2 Å². The molecule has 0 N–H and O–H groups in total. The maximum absolute atomic E-state index is 14.2. The normalized spacial score (nSPS) is 16.7. The Labute approximate surface area is 139 Å². The molecule has 2 aromatic rings. The molecule has 0 unspecified atom stereocenters. The lowest BCUT2D eigenvalue weighted by molar-refractivity contribution is 0.445.